The van der Waals surface area contributed by atoms with E-state index in [-0.39, 0.29) is 5.91 Å². The molecule has 0 radical (unpaired) electrons. The first kappa shape index (κ1) is 18.8. The minimum atomic E-state index is -3.15. The first-order valence-electron chi connectivity index (χ1n) is 8.98. The zero-order valence-corrected chi connectivity index (χ0v) is 16.1. The Morgan fingerprint density at radius 2 is 2.08 bits per heavy atom. The van der Waals surface area contributed by atoms with Crippen LogP contribution in [0.1, 0.15) is 30.7 Å². The van der Waals surface area contributed by atoms with Gasteiger partial charge in [0.1, 0.15) is 5.82 Å². The van der Waals surface area contributed by atoms with Gasteiger partial charge in [-0.15, -0.1) is 0 Å². The number of carbonyl (C=O) groups excluding carboxylic acids is 1. The highest BCUT2D eigenvalue weighted by Gasteiger charge is 2.23. The van der Waals surface area contributed by atoms with E-state index in [1.165, 1.54) is 6.26 Å². The molecule has 2 aromatic rings. The van der Waals surface area contributed by atoms with Crippen LogP contribution in [0.5, 0.6) is 0 Å². The molecule has 1 aromatic carbocycles. The molecule has 1 amide bonds. The van der Waals surface area contributed by atoms with Gasteiger partial charge in [-0.1, -0.05) is 12.1 Å². The molecule has 0 unspecified atom stereocenters. The molecule has 1 fully saturated rings. The number of fused-ring (bicyclic) bond motifs is 1. The molecule has 0 bridgehead atoms. The summed E-state index contributed by atoms with van der Waals surface area (Å²) in [5.41, 5.74) is 3.10. The van der Waals surface area contributed by atoms with Crippen molar-refractivity contribution in [3.05, 3.63) is 29.6 Å². The lowest BCUT2D eigenvalue weighted by Crippen LogP contribution is -2.41. The smallest absolute Gasteiger partial charge is 0.223 e. The van der Waals surface area contributed by atoms with Crippen LogP contribution in [0.4, 0.5) is 0 Å². The van der Waals surface area contributed by atoms with Crippen LogP contribution in [0, 0.1) is 12.8 Å². The number of rotatable bonds is 6. The molecular weight excluding hydrogens is 352 g/mol. The topological polar surface area (TPSA) is 95.2 Å². The lowest BCUT2D eigenvalue weighted by molar-refractivity contribution is -0.132. The Kier molecular flexibility index (Phi) is 5.62. The third-order valence-electron chi connectivity index (χ3n) is 4.94. The van der Waals surface area contributed by atoms with Crippen LogP contribution in [0.25, 0.3) is 11.0 Å². The Morgan fingerprint density at radius 1 is 1.35 bits per heavy atom. The lowest BCUT2D eigenvalue weighted by atomic mass is 9.97. The number of sulfonamides is 1. The number of H-pyrrole nitrogens is 1. The van der Waals surface area contributed by atoms with E-state index in [4.69, 9.17) is 0 Å². The second kappa shape index (κ2) is 7.75. The minimum Gasteiger partial charge on any atom is -0.343 e. The number of nitrogens with zero attached hydrogens (tertiary/aromatic N) is 2. The van der Waals surface area contributed by atoms with E-state index in [0.717, 1.165) is 35.3 Å². The van der Waals surface area contributed by atoms with Crippen LogP contribution in [-0.2, 0) is 21.2 Å². The van der Waals surface area contributed by atoms with Crippen molar-refractivity contribution >= 4 is 27.0 Å². The average Bonchev–Trinajstić information content (AvgIpc) is 3.02. The molecule has 1 saturated heterocycles. The van der Waals surface area contributed by atoms with Gasteiger partial charge in [-0.2, -0.15) is 0 Å². The van der Waals surface area contributed by atoms with E-state index >= 15 is 0 Å². The molecule has 0 atom stereocenters. The summed E-state index contributed by atoms with van der Waals surface area (Å²) >= 11 is 0. The monoisotopic (exact) mass is 378 g/mol. The first-order chi connectivity index (χ1) is 12.3. The zero-order valence-electron chi connectivity index (χ0n) is 15.3. The number of nitrogens with one attached hydrogen (secondary N) is 2. The molecule has 7 nitrogen and oxygen atoms in total. The number of imidazole rings is 1. The molecule has 1 aromatic heterocycles. The van der Waals surface area contributed by atoms with Crippen molar-refractivity contribution in [3.8, 4) is 0 Å². The largest absolute Gasteiger partial charge is 0.343 e. The van der Waals surface area contributed by atoms with Crippen LogP contribution in [0.15, 0.2) is 18.2 Å². The highest BCUT2D eigenvalue weighted by atomic mass is 32.2. The molecule has 1 aliphatic rings. The van der Waals surface area contributed by atoms with Crippen molar-refractivity contribution in [2.75, 3.05) is 25.9 Å². The summed E-state index contributed by atoms with van der Waals surface area (Å²) in [5.74, 6) is 1.28. The first-order valence-corrected chi connectivity index (χ1v) is 10.9. The van der Waals surface area contributed by atoms with E-state index in [1.54, 1.807) is 0 Å². The lowest BCUT2D eigenvalue weighted by Gasteiger charge is -2.32. The van der Waals surface area contributed by atoms with Crippen molar-refractivity contribution in [2.24, 2.45) is 5.92 Å². The number of hydrogen-bond donors (Lipinski definition) is 2. The number of hydrogen-bond acceptors (Lipinski definition) is 4. The second-order valence-electron chi connectivity index (χ2n) is 7.10. The molecule has 142 valence electrons. The van der Waals surface area contributed by atoms with Crippen molar-refractivity contribution in [3.63, 3.8) is 0 Å². The Labute approximate surface area is 154 Å². The van der Waals surface area contributed by atoms with E-state index in [1.807, 2.05) is 30.0 Å². The van der Waals surface area contributed by atoms with Crippen molar-refractivity contribution in [1.82, 2.24) is 19.6 Å². The Hall–Kier alpha value is -1.93. The molecule has 1 aliphatic heterocycles. The van der Waals surface area contributed by atoms with Crippen molar-refractivity contribution < 1.29 is 13.2 Å². The minimum absolute atomic E-state index is 0.136. The molecule has 0 aliphatic carbocycles. The Morgan fingerprint density at radius 3 is 2.73 bits per heavy atom. The van der Waals surface area contributed by atoms with Gasteiger partial charge in [0, 0.05) is 32.5 Å². The van der Waals surface area contributed by atoms with Gasteiger partial charge in [0.05, 0.1) is 17.3 Å². The number of aromatic nitrogens is 2. The molecule has 26 heavy (non-hydrogen) atoms. The van der Waals surface area contributed by atoms with Crippen molar-refractivity contribution in [2.45, 2.75) is 32.6 Å². The molecule has 2 N–H and O–H groups in total. The van der Waals surface area contributed by atoms with Gasteiger partial charge in [0.25, 0.3) is 0 Å². The van der Waals surface area contributed by atoms with E-state index in [0.29, 0.717) is 38.4 Å². The Bertz CT molecular complexity index is 883. The predicted octanol–water partition coefficient (Wildman–Crippen LogP) is 1.59. The maximum absolute atomic E-state index is 12.5. The normalized spacial score (nSPS) is 16.3. The van der Waals surface area contributed by atoms with E-state index in [9.17, 15) is 13.2 Å². The summed E-state index contributed by atoms with van der Waals surface area (Å²) in [5, 5.41) is 0. The van der Waals surface area contributed by atoms with Gasteiger partial charge >= 0.3 is 0 Å². The molecule has 8 heteroatoms. The fourth-order valence-corrected chi connectivity index (χ4v) is 3.92. The fraction of sp³-hybridized carbons (Fsp3) is 0.556. The van der Waals surface area contributed by atoms with E-state index < -0.39 is 10.0 Å². The highest BCUT2D eigenvalue weighted by molar-refractivity contribution is 7.88. The van der Waals surface area contributed by atoms with Gasteiger partial charge in [-0.3, -0.25) is 4.79 Å². The summed E-state index contributed by atoms with van der Waals surface area (Å²) in [6, 6.07) is 6.02. The van der Waals surface area contributed by atoms with E-state index in [2.05, 4.69) is 14.7 Å². The fourth-order valence-electron chi connectivity index (χ4n) is 3.38. The Balaban J connectivity index is 1.47. The number of carbonyl (C=O) groups is 1. The second-order valence-corrected chi connectivity index (χ2v) is 8.93. The van der Waals surface area contributed by atoms with Crippen LogP contribution >= 0.6 is 0 Å². The number of aryl methyl sites for hydroxylation is 2. The maximum Gasteiger partial charge on any atom is 0.223 e. The third kappa shape index (κ3) is 4.82. The molecule has 2 heterocycles. The number of aromatic amines is 1. The van der Waals surface area contributed by atoms with Crippen LogP contribution in [-0.4, -0.2) is 55.1 Å². The number of piperidine rings is 1. The quantitative estimate of drug-likeness (QED) is 0.798. The highest BCUT2D eigenvalue weighted by Crippen LogP contribution is 2.19. The number of likely N-dealkylation sites (tertiary alicyclic amines) is 1. The number of para-hydroxylation sites is 1. The predicted molar refractivity (Wildman–Crippen MR) is 101 cm³/mol. The SMILES string of the molecule is Cc1cccc2[nH]c(CCC(=O)N3CCC(CNS(C)(=O)=O)CC3)nc12. The average molecular weight is 378 g/mol. The van der Waals surface area contributed by atoms with Crippen LogP contribution < -0.4 is 4.72 Å². The van der Waals surface area contributed by atoms with Crippen molar-refractivity contribution in [1.29, 1.82) is 0 Å². The van der Waals surface area contributed by atoms with Gasteiger partial charge < -0.3 is 9.88 Å². The summed E-state index contributed by atoms with van der Waals surface area (Å²) < 4.78 is 24.9. The maximum atomic E-state index is 12.5. The molecule has 0 spiro atoms. The van der Waals surface area contributed by atoms with Gasteiger partial charge in [-0.25, -0.2) is 18.1 Å². The summed E-state index contributed by atoms with van der Waals surface area (Å²) in [4.78, 5) is 22.2. The van der Waals surface area contributed by atoms with Gasteiger partial charge in [0.15, 0.2) is 0 Å². The van der Waals surface area contributed by atoms with Gasteiger partial charge in [0.2, 0.25) is 15.9 Å². The van der Waals surface area contributed by atoms with Gasteiger partial charge in [-0.05, 0) is 37.3 Å². The summed E-state index contributed by atoms with van der Waals surface area (Å²) in [6.45, 7) is 3.86. The molecular formula is C18H26N4O3S. The molecule has 0 saturated carbocycles. The summed E-state index contributed by atoms with van der Waals surface area (Å²) in [6.07, 6.45) is 3.87. The number of amides is 1. The standard InChI is InChI=1S/C18H26N4O3S/c1-13-4-3-5-15-18(13)21-16(20-15)6-7-17(23)22-10-8-14(9-11-22)12-19-26(2,24)25/h3-5,14,19H,6-12H2,1-2H3,(H,20,21). The summed E-state index contributed by atoms with van der Waals surface area (Å²) in [7, 11) is -3.15. The molecule has 3 rings (SSSR count). The van der Waals surface area contributed by atoms with Crippen LogP contribution in [0.2, 0.25) is 0 Å². The van der Waals surface area contributed by atoms with Crippen LogP contribution in [0.3, 0.4) is 0 Å². The number of benzene rings is 1. The third-order valence-corrected chi connectivity index (χ3v) is 5.63. The zero-order chi connectivity index (χ0) is 18.7.